The second-order valence-corrected chi connectivity index (χ2v) is 5.20. The van der Waals surface area contributed by atoms with Crippen molar-refractivity contribution in [3.05, 3.63) is 47.1 Å². The van der Waals surface area contributed by atoms with E-state index in [0.29, 0.717) is 0 Å². The lowest BCUT2D eigenvalue weighted by Gasteiger charge is -2.34. The maximum absolute atomic E-state index is 5.79. The molecule has 0 amide bonds. The van der Waals surface area contributed by atoms with Crippen molar-refractivity contribution < 1.29 is 4.52 Å². The molecule has 18 heavy (non-hydrogen) atoms. The summed E-state index contributed by atoms with van der Waals surface area (Å²) in [5, 5.41) is 4.20. The van der Waals surface area contributed by atoms with E-state index in [1.807, 2.05) is 6.07 Å². The second-order valence-electron chi connectivity index (χ2n) is 4.88. The number of nitrogens with zero attached hydrogens (tertiary/aromatic N) is 2. The topological polar surface area (TPSA) is 38.9 Å². The third kappa shape index (κ3) is 1.93. The zero-order chi connectivity index (χ0) is 12.4. The Kier molecular flexibility index (Phi) is 3.08. The van der Waals surface area contributed by atoms with Crippen molar-refractivity contribution in [3.8, 4) is 0 Å². The summed E-state index contributed by atoms with van der Waals surface area (Å²) in [6.45, 7) is 0. The van der Waals surface area contributed by atoms with E-state index in [1.54, 1.807) is 0 Å². The van der Waals surface area contributed by atoms with Crippen LogP contribution in [0.1, 0.15) is 43.5 Å². The Bertz CT molecular complexity index is 518. The predicted molar refractivity (Wildman–Crippen MR) is 69.6 cm³/mol. The minimum Gasteiger partial charge on any atom is -0.321 e. The van der Waals surface area contributed by atoms with Gasteiger partial charge in [0.2, 0.25) is 0 Å². The first-order chi connectivity index (χ1) is 8.81. The number of halogens is 1. The largest absolute Gasteiger partial charge is 0.321 e. The van der Waals surface area contributed by atoms with E-state index in [0.717, 1.165) is 18.7 Å². The van der Waals surface area contributed by atoms with Crippen LogP contribution in [0.2, 0.25) is 5.35 Å². The Labute approximate surface area is 111 Å². The summed E-state index contributed by atoms with van der Waals surface area (Å²) in [6, 6.07) is 10.5. The maximum atomic E-state index is 5.79. The Morgan fingerprint density at radius 1 is 1.06 bits per heavy atom. The van der Waals surface area contributed by atoms with Gasteiger partial charge in [-0.25, -0.2) is 0 Å². The Hall–Kier alpha value is -1.35. The van der Waals surface area contributed by atoms with Gasteiger partial charge < -0.3 is 4.52 Å². The predicted octanol–water partition coefficient (Wildman–Crippen LogP) is 3.97. The summed E-state index contributed by atoms with van der Waals surface area (Å²) in [4.78, 5) is 4.27. The lowest BCUT2D eigenvalue weighted by atomic mass is 9.69. The summed E-state index contributed by atoms with van der Waals surface area (Å²) in [7, 11) is 0. The van der Waals surface area contributed by atoms with Crippen molar-refractivity contribution in [1.29, 1.82) is 0 Å². The molecule has 0 spiro atoms. The van der Waals surface area contributed by atoms with Crippen molar-refractivity contribution >= 4 is 11.6 Å². The highest BCUT2D eigenvalue weighted by atomic mass is 35.5. The average Bonchev–Trinajstić information content (AvgIpc) is 2.88. The van der Waals surface area contributed by atoms with Gasteiger partial charge in [0.25, 0.3) is 0 Å². The molecule has 3 nitrogen and oxygen atoms in total. The number of hydrogen-bond donors (Lipinski definition) is 0. The van der Waals surface area contributed by atoms with E-state index in [1.165, 1.54) is 24.8 Å². The zero-order valence-electron chi connectivity index (χ0n) is 10.1. The SMILES string of the molecule is Clc1nc(C2(c3ccccc3)CCCCC2)no1. The van der Waals surface area contributed by atoms with Gasteiger partial charge in [-0.15, -0.1) is 0 Å². The van der Waals surface area contributed by atoms with Crippen molar-refractivity contribution in [1.82, 2.24) is 10.1 Å². The fourth-order valence-electron chi connectivity index (χ4n) is 2.95. The van der Waals surface area contributed by atoms with Crippen molar-refractivity contribution in [2.45, 2.75) is 37.5 Å². The molecule has 0 saturated heterocycles. The van der Waals surface area contributed by atoms with Gasteiger partial charge in [0.05, 0.1) is 5.41 Å². The van der Waals surface area contributed by atoms with Crippen molar-refractivity contribution in [3.63, 3.8) is 0 Å². The van der Waals surface area contributed by atoms with E-state index in [-0.39, 0.29) is 10.8 Å². The third-order valence-electron chi connectivity index (χ3n) is 3.86. The van der Waals surface area contributed by atoms with Gasteiger partial charge in [-0.1, -0.05) is 54.8 Å². The first-order valence-corrected chi connectivity index (χ1v) is 6.74. The summed E-state index contributed by atoms with van der Waals surface area (Å²) < 4.78 is 4.97. The quantitative estimate of drug-likeness (QED) is 0.822. The molecule has 1 saturated carbocycles. The molecule has 0 radical (unpaired) electrons. The van der Waals surface area contributed by atoms with E-state index >= 15 is 0 Å². The van der Waals surface area contributed by atoms with Crippen LogP contribution >= 0.6 is 11.6 Å². The van der Waals surface area contributed by atoms with Gasteiger partial charge in [-0.2, -0.15) is 4.98 Å². The van der Waals surface area contributed by atoms with Gasteiger partial charge >= 0.3 is 5.35 Å². The molecule has 1 aromatic heterocycles. The third-order valence-corrected chi connectivity index (χ3v) is 4.02. The number of hydrogen-bond acceptors (Lipinski definition) is 3. The Morgan fingerprint density at radius 2 is 1.78 bits per heavy atom. The van der Waals surface area contributed by atoms with Crippen LogP contribution in [-0.2, 0) is 5.41 Å². The molecule has 1 aliphatic rings. The van der Waals surface area contributed by atoms with Crippen LogP contribution < -0.4 is 0 Å². The molecular formula is C14H15ClN2O. The highest BCUT2D eigenvalue weighted by Gasteiger charge is 2.39. The normalized spacial score (nSPS) is 18.7. The van der Waals surface area contributed by atoms with Crippen LogP contribution in [0.3, 0.4) is 0 Å². The smallest absolute Gasteiger partial charge is 0.320 e. The molecular weight excluding hydrogens is 248 g/mol. The molecule has 0 atom stereocenters. The van der Waals surface area contributed by atoms with Crippen LogP contribution in [0.5, 0.6) is 0 Å². The molecule has 0 unspecified atom stereocenters. The molecule has 1 fully saturated rings. The molecule has 1 heterocycles. The monoisotopic (exact) mass is 262 g/mol. The summed E-state index contributed by atoms with van der Waals surface area (Å²) in [6.07, 6.45) is 5.79. The van der Waals surface area contributed by atoms with Crippen LogP contribution in [0.4, 0.5) is 0 Å². The van der Waals surface area contributed by atoms with Crippen molar-refractivity contribution in [2.75, 3.05) is 0 Å². The first-order valence-electron chi connectivity index (χ1n) is 6.36. The second kappa shape index (κ2) is 4.73. The fourth-order valence-corrected chi connectivity index (χ4v) is 3.07. The molecule has 0 aliphatic heterocycles. The van der Waals surface area contributed by atoms with Crippen molar-refractivity contribution in [2.24, 2.45) is 0 Å². The highest BCUT2D eigenvalue weighted by Crippen LogP contribution is 2.43. The molecule has 0 bridgehead atoms. The number of rotatable bonds is 2. The lowest BCUT2D eigenvalue weighted by Crippen LogP contribution is -2.31. The Balaban J connectivity index is 2.09. The lowest BCUT2D eigenvalue weighted by molar-refractivity contribution is 0.313. The van der Waals surface area contributed by atoms with Gasteiger partial charge in [0.15, 0.2) is 5.82 Å². The molecule has 94 valence electrons. The minimum atomic E-state index is -0.115. The maximum Gasteiger partial charge on any atom is 0.320 e. The molecule has 3 rings (SSSR count). The number of aromatic nitrogens is 2. The van der Waals surface area contributed by atoms with E-state index in [9.17, 15) is 0 Å². The average molecular weight is 263 g/mol. The zero-order valence-corrected chi connectivity index (χ0v) is 10.9. The fraction of sp³-hybridized carbons (Fsp3) is 0.429. The van der Waals surface area contributed by atoms with Crippen LogP contribution in [0.25, 0.3) is 0 Å². The van der Waals surface area contributed by atoms with Gasteiger partial charge in [-0.3, -0.25) is 0 Å². The Morgan fingerprint density at radius 3 is 2.39 bits per heavy atom. The molecule has 1 aliphatic carbocycles. The van der Waals surface area contributed by atoms with Crippen LogP contribution in [0, 0.1) is 0 Å². The van der Waals surface area contributed by atoms with E-state index in [4.69, 9.17) is 16.1 Å². The summed E-state index contributed by atoms with van der Waals surface area (Å²) in [5.74, 6) is 0.735. The van der Waals surface area contributed by atoms with Crippen LogP contribution in [0.15, 0.2) is 34.9 Å². The molecule has 2 aromatic rings. The number of benzene rings is 1. The van der Waals surface area contributed by atoms with Gasteiger partial charge in [0.1, 0.15) is 0 Å². The summed E-state index contributed by atoms with van der Waals surface area (Å²) in [5.41, 5.74) is 1.15. The highest BCUT2D eigenvalue weighted by molar-refractivity contribution is 6.27. The standard InChI is InChI=1S/C14H15ClN2O/c15-13-16-12(17-18-13)14(9-5-2-6-10-14)11-7-3-1-4-8-11/h1,3-4,7-8H,2,5-6,9-10H2. The molecule has 1 aromatic carbocycles. The molecule has 0 N–H and O–H groups in total. The van der Waals surface area contributed by atoms with E-state index < -0.39 is 0 Å². The van der Waals surface area contributed by atoms with Gasteiger partial charge in [-0.05, 0) is 30.0 Å². The first kappa shape index (κ1) is 11.7. The van der Waals surface area contributed by atoms with Crippen LogP contribution in [-0.4, -0.2) is 10.1 Å². The van der Waals surface area contributed by atoms with Gasteiger partial charge in [0, 0.05) is 0 Å². The minimum absolute atomic E-state index is 0.115. The molecule has 4 heteroatoms. The summed E-state index contributed by atoms with van der Waals surface area (Å²) >= 11 is 5.79. The van der Waals surface area contributed by atoms with E-state index in [2.05, 4.69) is 34.4 Å².